The highest BCUT2D eigenvalue weighted by atomic mass is 35.5. The van der Waals surface area contributed by atoms with Gasteiger partial charge in [0.15, 0.2) is 0 Å². The number of rotatable bonds is 8. The highest BCUT2D eigenvalue weighted by molar-refractivity contribution is 7.89. The number of benzene rings is 1. The van der Waals surface area contributed by atoms with Gasteiger partial charge in [0.05, 0.1) is 4.90 Å². The van der Waals surface area contributed by atoms with Crippen molar-refractivity contribution in [3.8, 4) is 0 Å². The van der Waals surface area contributed by atoms with E-state index in [1.54, 1.807) is 13.0 Å². The van der Waals surface area contributed by atoms with Crippen LogP contribution < -0.4 is 10.5 Å². The SMILES string of the molecule is CCCCCCC(C)NS(=O)(=O)c1cc(Cl)cc(N)c1C. The van der Waals surface area contributed by atoms with Crippen molar-refractivity contribution in [1.29, 1.82) is 0 Å². The first kappa shape index (κ1) is 18.3. The Morgan fingerprint density at radius 1 is 1.29 bits per heavy atom. The van der Waals surface area contributed by atoms with E-state index < -0.39 is 10.0 Å². The molecule has 0 aromatic heterocycles. The number of nitrogens with two attached hydrogens (primary N) is 1. The molecule has 6 heteroatoms. The van der Waals surface area contributed by atoms with E-state index >= 15 is 0 Å². The Hall–Kier alpha value is -0.780. The van der Waals surface area contributed by atoms with Crippen molar-refractivity contribution in [3.05, 3.63) is 22.7 Å². The molecule has 1 aromatic rings. The Morgan fingerprint density at radius 2 is 1.95 bits per heavy atom. The number of hydrogen-bond acceptors (Lipinski definition) is 3. The number of sulfonamides is 1. The summed E-state index contributed by atoms with van der Waals surface area (Å²) in [5, 5.41) is 0.328. The third-order valence-corrected chi connectivity index (χ3v) is 5.44. The molecule has 0 aliphatic heterocycles. The van der Waals surface area contributed by atoms with Gasteiger partial charge in [-0.25, -0.2) is 13.1 Å². The van der Waals surface area contributed by atoms with Crippen molar-refractivity contribution in [2.45, 2.75) is 63.8 Å². The zero-order chi connectivity index (χ0) is 16.0. The molecule has 0 fully saturated rings. The van der Waals surface area contributed by atoms with Crippen molar-refractivity contribution in [1.82, 2.24) is 4.72 Å². The van der Waals surface area contributed by atoms with Crippen LogP contribution in [0.1, 0.15) is 51.5 Å². The fourth-order valence-electron chi connectivity index (χ4n) is 2.22. The van der Waals surface area contributed by atoms with Crippen molar-refractivity contribution in [2.24, 2.45) is 0 Å². The normalized spacial score (nSPS) is 13.3. The number of anilines is 1. The van der Waals surface area contributed by atoms with Crippen LogP contribution in [-0.2, 0) is 10.0 Å². The lowest BCUT2D eigenvalue weighted by atomic mass is 10.1. The van der Waals surface area contributed by atoms with E-state index in [1.165, 1.54) is 18.9 Å². The second kappa shape index (κ2) is 8.01. The highest BCUT2D eigenvalue weighted by Gasteiger charge is 2.21. The predicted octanol–water partition coefficient (Wildman–Crippen LogP) is 3.87. The Labute approximate surface area is 133 Å². The van der Waals surface area contributed by atoms with Gasteiger partial charge >= 0.3 is 0 Å². The van der Waals surface area contributed by atoms with Gasteiger partial charge < -0.3 is 5.73 Å². The van der Waals surface area contributed by atoms with Gasteiger partial charge in [0, 0.05) is 16.8 Å². The maximum absolute atomic E-state index is 12.4. The largest absolute Gasteiger partial charge is 0.398 e. The van der Waals surface area contributed by atoms with Gasteiger partial charge in [-0.3, -0.25) is 0 Å². The molecule has 0 aliphatic rings. The molecule has 0 radical (unpaired) electrons. The molecule has 1 unspecified atom stereocenters. The summed E-state index contributed by atoms with van der Waals surface area (Å²) in [6.45, 7) is 5.72. The summed E-state index contributed by atoms with van der Waals surface area (Å²) in [6.07, 6.45) is 5.33. The van der Waals surface area contributed by atoms with Gasteiger partial charge in [-0.05, 0) is 38.0 Å². The molecule has 0 saturated heterocycles. The molecule has 4 nitrogen and oxygen atoms in total. The molecule has 0 saturated carbocycles. The molecule has 0 amide bonds. The van der Waals surface area contributed by atoms with Crippen LogP contribution in [0, 0.1) is 6.92 Å². The standard InChI is InChI=1S/C15H25ClN2O2S/c1-4-5-6-7-8-11(2)18-21(19,20)15-10-13(16)9-14(17)12(15)3/h9-11,18H,4-8,17H2,1-3H3. The molecule has 3 N–H and O–H groups in total. The first-order chi connectivity index (χ1) is 9.77. The minimum absolute atomic E-state index is 0.105. The second-order valence-corrected chi connectivity index (χ2v) is 7.61. The first-order valence-corrected chi connectivity index (χ1v) is 9.22. The highest BCUT2D eigenvalue weighted by Crippen LogP contribution is 2.26. The van der Waals surface area contributed by atoms with Crippen molar-refractivity contribution in [3.63, 3.8) is 0 Å². The Bertz CT molecular complexity index is 573. The lowest BCUT2D eigenvalue weighted by Gasteiger charge is -2.16. The lowest BCUT2D eigenvalue weighted by molar-refractivity contribution is 0.521. The van der Waals surface area contributed by atoms with Gasteiger partial charge in [0.1, 0.15) is 0 Å². The first-order valence-electron chi connectivity index (χ1n) is 7.36. The summed E-state index contributed by atoms with van der Waals surface area (Å²) in [7, 11) is -3.59. The smallest absolute Gasteiger partial charge is 0.241 e. The van der Waals surface area contributed by atoms with Crippen molar-refractivity contribution >= 4 is 27.3 Å². The van der Waals surface area contributed by atoms with E-state index in [0.717, 1.165) is 19.3 Å². The minimum atomic E-state index is -3.59. The molecule has 0 heterocycles. The molecule has 120 valence electrons. The van der Waals surface area contributed by atoms with E-state index in [4.69, 9.17) is 17.3 Å². The van der Waals surface area contributed by atoms with Crippen LogP contribution in [0.5, 0.6) is 0 Å². The van der Waals surface area contributed by atoms with Crippen LogP contribution in [0.3, 0.4) is 0 Å². The molecule has 21 heavy (non-hydrogen) atoms. The average Bonchev–Trinajstić information content (AvgIpc) is 2.38. The Kier molecular flexibility index (Phi) is 6.97. The Morgan fingerprint density at radius 3 is 2.57 bits per heavy atom. The van der Waals surface area contributed by atoms with Gasteiger partial charge in [0.2, 0.25) is 10.0 Å². The zero-order valence-corrected chi connectivity index (χ0v) is 14.5. The van der Waals surface area contributed by atoms with Crippen LogP contribution in [0.4, 0.5) is 5.69 Å². The minimum Gasteiger partial charge on any atom is -0.398 e. The van der Waals surface area contributed by atoms with Crippen LogP contribution in [0.2, 0.25) is 5.02 Å². The number of halogens is 1. The van der Waals surface area contributed by atoms with Gasteiger partial charge in [0.25, 0.3) is 0 Å². The molecular formula is C15H25ClN2O2S. The topological polar surface area (TPSA) is 72.2 Å². The fraction of sp³-hybridized carbons (Fsp3) is 0.600. The monoisotopic (exact) mass is 332 g/mol. The number of nitrogens with one attached hydrogen (secondary N) is 1. The average molecular weight is 333 g/mol. The molecule has 1 rings (SSSR count). The number of unbranched alkanes of at least 4 members (excludes halogenated alkanes) is 3. The Balaban J connectivity index is 2.78. The van der Waals surface area contributed by atoms with E-state index in [9.17, 15) is 8.42 Å². The predicted molar refractivity (Wildman–Crippen MR) is 89.1 cm³/mol. The molecule has 1 aromatic carbocycles. The summed E-state index contributed by atoms with van der Waals surface area (Å²) in [6, 6.07) is 2.90. The zero-order valence-electron chi connectivity index (χ0n) is 12.9. The molecule has 1 atom stereocenters. The van der Waals surface area contributed by atoms with Crippen LogP contribution in [0.15, 0.2) is 17.0 Å². The number of hydrogen-bond donors (Lipinski definition) is 2. The van der Waals surface area contributed by atoms with E-state index in [0.29, 0.717) is 16.3 Å². The number of nitrogen functional groups attached to an aromatic ring is 1. The molecule has 0 aliphatic carbocycles. The van der Waals surface area contributed by atoms with Gasteiger partial charge in [-0.1, -0.05) is 44.2 Å². The third kappa shape index (κ3) is 5.49. The van der Waals surface area contributed by atoms with Crippen LogP contribution >= 0.6 is 11.6 Å². The second-order valence-electron chi connectivity index (χ2n) is 5.49. The quantitative estimate of drug-likeness (QED) is 0.560. The maximum atomic E-state index is 12.4. The van der Waals surface area contributed by atoms with E-state index in [1.807, 2.05) is 6.92 Å². The van der Waals surface area contributed by atoms with Gasteiger partial charge in [-0.2, -0.15) is 0 Å². The summed E-state index contributed by atoms with van der Waals surface area (Å²) >= 11 is 5.91. The fourth-order valence-corrected chi connectivity index (χ4v) is 4.09. The van der Waals surface area contributed by atoms with Crippen molar-refractivity contribution < 1.29 is 8.42 Å². The summed E-state index contributed by atoms with van der Waals surface area (Å²) in [4.78, 5) is 0.160. The summed E-state index contributed by atoms with van der Waals surface area (Å²) in [5.74, 6) is 0. The third-order valence-electron chi connectivity index (χ3n) is 3.50. The van der Waals surface area contributed by atoms with E-state index in [-0.39, 0.29) is 10.9 Å². The lowest BCUT2D eigenvalue weighted by Crippen LogP contribution is -2.33. The van der Waals surface area contributed by atoms with Crippen molar-refractivity contribution in [2.75, 3.05) is 5.73 Å². The van der Waals surface area contributed by atoms with Crippen LogP contribution in [0.25, 0.3) is 0 Å². The summed E-state index contributed by atoms with van der Waals surface area (Å²) < 4.78 is 27.6. The summed E-state index contributed by atoms with van der Waals surface area (Å²) in [5.41, 5.74) is 6.71. The van der Waals surface area contributed by atoms with Gasteiger partial charge in [-0.15, -0.1) is 0 Å². The molecule has 0 spiro atoms. The maximum Gasteiger partial charge on any atom is 0.241 e. The van der Waals surface area contributed by atoms with E-state index in [2.05, 4.69) is 11.6 Å². The van der Waals surface area contributed by atoms with Crippen LogP contribution in [-0.4, -0.2) is 14.5 Å². The molecular weight excluding hydrogens is 308 g/mol. The molecule has 0 bridgehead atoms.